The van der Waals surface area contributed by atoms with Gasteiger partial charge in [0.25, 0.3) is 0 Å². The molecule has 1 saturated carbocycles. The van der Waals surface area contributed by atoms with Gasteiger partial charge >= 0.3 is 0 Å². The van der Waals surface area contributed by atoms with Crippen LogP contribution in [0.5, 0.6) is 0 Å². The number of nitrogens with one attached hydrogen (secondary N) is 1. The van der Waals surface area contributed by atoms with E-state index < -0.39 is 6.04 Å². The molecule has 1 N–H and O–H groups in total. The van der Waals surface area contributed by atoms with Crippen LogP contribution in [0.1, 0.15) is 55.0 Å². The zero-order valence-electron chi connectivity index (χ0n) is 20.1. The first kappa shape index (κ1) is 23.7. The maximum Gasteiger partial charge on any atom is 0.223 e. The van der Waals surface area contributed by atoms with E-state index >= 15 is 0 Å². The van der Waals surface area contributed by atoms with Crippen molar-refractivity contribution in [1.29, 1.82) is 0 Å². The van der Waals surface area contributed by atoms with Crippen LogP contribution in [0.2, 0.25) is 0 Å². The number of carbonyl (C=O) groups excluding carboxylic acids is 2. The number of hydrogen-bond acceptors (Lipinski definition) is 3. The number of allylic oxidation sites excluding steroid dienone is 1. The van der Waals surface area contributed by atoms with E-state index in [4.69, 9.17) is 11.6 Å². The Kier molecular flexibility index (Phi) is 7.01. The predicted octanol–water partition coefficient (Wildman–Crippen LogP) is 6.04. The average molecular weight is 487 g/mol. The van der Waals surface area contributed by atoms with Crippen LogP contribution in [0.3, 0.4) is 0 Å². The average Bonchev–Trinajstić information content (AvgIpc) is 3.49. The maximum atomic E-state index is 12.9. The van der Waals surface area contributed by atoms with Crippen molar-refractivity contribution in [2.45, 2.75) is 57.9 Å². The number of pyridine rings is 1. The van der Waals surface area contributed by atoms with Gasteiger partial charge in [0.05, 0.1) is 11.7 Å². The number of amides is 1. The molecule has 0 aliphatic heterocycles. The Morgan fingerprint density at radius 3 is 2.86 bits per heavy atom. The van der Waals surface area contributed by atoms with Crippen molar-refractivity contribution in [2.75, 3.05) is 0 Å². The standard InChI is InChI=1S/C30H31ClN2O2/c1-19(29(34)14-10-21-17-26-27(31)12-13-28(26)32-18-21)33-30(35)24-11-9-20(16-24)15-23-7-4-6-22-5-2-3-8-25(22)23/h2-8,12,17-20,24H,9-11,13-16H2,1H3,(H,33,35)/t19-,20-,24+/m0/s1. The molecular formula is C30H31ClN2O2. The molecule has 0 unspecified atom stereocenters. The van der Waals surface area contributed by atoms with E-state index in [1.165, 1.54) is 16.3 Å². The first-order chi connectivity index (χ1) is 17.0. The summed E-state index contributed by atoms with van der Waals surface area (Å²) in [7, 11) is 0. The summed E-state index contributed by atoms with van der Waals surface area (Å²) in [5.41, 5.74) is 4.31. The van der Waals surface area contributed by atoms with E-state index in [0.717, 1.165) is 54.0 Å². The van der Waals surface area contributed by atoms with Gasteiger partial charge in [-0.3, -0.25) is 14.6 Å². The van der Waals surface area contributed by atoms with Gasteiger partial charge in [0.15, 0.2) is 5.78 Å². The molecule has 5 rings (SSSR count). The quantitative estimate of drug-likeness (QED) is 0.422. The fourth-order valence-electron chi connectivity index (χ4n) is 5.51. The van der Waals surface area contributed by atoms with Crippen molar-refractivity contribution < 1.29 is 9.59 Å². The number of halogens is 1. The highest BCUT2D eigenvalue weighted by Gasteiger charge is 2.31. The Bertz CT molecular complexity index is 1290. The maximum absolute atomic E-state index is 12.9. The number of ketones is 1. The Morgan fingerprint density at radius 2 is 1.97 bits per heavy atom. The summed E-state index contributed by atoms with van der Waals surface area (Å²) >= 11 is 6.24. The third-order valence-electron chi connectivity index (χ3n) is 7.56. The zero-order chi connectivity index (χ0) is 24.4. The second-order valence-electron chi connectivity index (χ2n) is 10.0. The molecule has 2 aliphatic rings. The van der Waals surface area contributed by atoms with E-state index in [1.54, 1.807) is 6.92 Å². The Morgan fingerprint density at radius 1 is 1.14 bits per heavy atom. The molecule has 3 atom stereocenters. The van der Waals surface area contributed by atoms with Gasteiger partial charge in [0, 0.05) is 35.6 Å². The highest BCUT2D eigenvalue weighted by molar-refractivity contribution is 6.49. The Balaban J connectivity index is 1.11. The second kappa shape index (κ2) is 10.3. The number of nitrogens with zero attached hydrogens (tertiary/aromatic N) is 1. The summed E-state index contributed by atoms with van der Waals surface area (Å²) in [5, 5.41) is 6.29. The number of carbonyl (C=O) groups is 2. The third kappa shape index (κ3) is 5.33. The fourth-order valence-corrected chi connectivity index (χ4v) is 5.76. The lowest BCUT2D eigenvalue weighted by Gasteiger charge is -2.17. The van der Waals surface area contributed by atoms with Crippen molar-refractivity contribution in [3.8, 4) is 0 Å². The van der Waals surface area contributed by atoms with Crippen LogP contribution in [-0.2, 0) is 28.9 Å². The number of aryl methyl sites for hydroxylation is 1. The molecule has 4 nitrogen and oxygen atoms in total. The number of Topliss-reactive ketones (excluding diaryl/α,β-unsaturated/α-hetero) is 1. The largest absolute Gasteiger partial charge is 0.346 e. The van der Waals surface area contributed by atoms with E-state index in [2.05, 4.69) is 52.8 Å². The number of aromatic nitrogens is 1. The zero-order valence-corrected chi connectivity index (χ0v) is 20.9. The third-order valence-corrected chi connectivity index (χ3v) is 7.92. The second-order valence-corrected chi connectivity index (χ2v) is 10.4. The summed E-state index contributed by atoms with van der Waals surface area (Å²) in [5.74, 6) is 0.545. The highest BCUT2D eigenvalue weighted by Crippen LogP contribution is 2.35. The minimum Gasteiger partial charge on any atom is -0.346 e. The van der Waals surface area contributed by atoms with Crippen molar-refractivity contribution in [3.05, 3.63) is 83.2 Å². The van der Waals surface area contributed by atoms with Crippen molar-refractivity contribution in [3.63, 3.8) is 0 Å². The van der Waals surface area contributed by atoms with E-state index in [-0.39, 0.29) is 17.6 Å². The van der Waals surface area contributed by atoms with Crippen LogP contribution in [-0.4, -0.2) is 22.7 Å². The number of rotatable bonds is 8. The molecule has 3 aromatic rings. The SMILES string of the molecule is C[C@H](NC(=O)[C@@H]1CC[C@@H](Cc2cccc3ccccc23)C1)C(=O)CCc1cnc2c(c1)C(Cl)=CC2. The monoisotopic (exact) mass is 486 g/mol. The molecular weight excluding hydrogens is 456 g/mol. The molecule has 1 heterocycles. The summed E-state index contributed by atoms with van der Waals surface area (Å²) in [6.07, 6.45) is 9.33. The molecule has 1 fully saturated rings. The lowest BCUT2D eigenvalue weighted by atomic mass is 9.93. The molecule has 1 aromatic heterocycles. The molecule has 35 heavy (non-hydrogen) atoms. The van der Waals surface area contributed by atoms with Crippen molar-refractivity contribution in [2.24, 2.45) is 11.8 Å². The van der Waals surface area contributed by atoms with Crippen LogP contribution in [0.4, 0.5) is 0 Å². The van der Waals surface area contributed by atoms with Gasteiger partial charge in [0.2, 0.25) is 5.91 Å². The van der Waals surface area contributed by atoms with Crippen LogP contribution in [0, 0.1) is 11.8 Å². The lowest BCUT2D eigenvalue weighted by molar-refractivity contribution is -0.129. The lowest BCUT2D eigenvalue weighted by Crippen LogP contribution is -2.41. The van der Waals surface area contributed by atoms with Crippen LogP contribution in [0.25, 0.3) is 15.8 Å². The highest BCUT2D eigenvalue weighted by atomic mass is 35.5. The number of benzene rings is 2. The molecule has 0 saturated heterocycles. The van der Waals surface area contributed by atoms with E-state index in [0.29, 0.717) is 18.8 Å². The number of fused-ring (bicyclic) bond motifs is 2. The molecule has 2 aliphatic carbocycles. The van der Waals surface area contributed by atoms with Gasteiger partial charge < -0.3 is 5.32 Å². The van der Waals surface area contributed by atoms with Crippen LogP contribution in [0.15, 0.2) is 60.8 Å². The first-order valence-electron chi connectivity index (χ1n) is 12.6. The Hall–Kier alpha value is -2.98. The minimum atomic E-state index is -0.481. The number of hydrogen-bond donors (Lipinski definition) is 1. The fraction of sp³-hybridized carbons (Fsp3) is 0.367. The van der Waals surface area contributed by atoms with Crippen molar-refractivity contribution >= 4 is 39.1 Å². The van der Waals surface area contributed by atoms with E-state index in [9.17, 15) is 9.59 Å². The molecule has 180 valence electrons. The topological polar surface area (TPSA) is 59.1 Å². The van der Waals surface area contributed by atoms with Gasteiger partial charge in [-0.05, 0) is 72.9 Å². The van der Waals surface area contributed by atoms with Gasteiger partial charge in [-0.15, -0.1) is 0 Å². The van der Waals surface area contributed by atoms with Crippen molar-refractivity contribution in [1.82, 2.24) is 10.3 Å². The summed E-state index contributed by atoms with van der Waals surface area (Å²) in [4.78, 5) is 30.1. The Labute approximate surface area is 211 Å². The summed E-state index contributed by atoms with van der Waals surface area (Å²) in [6.45, 7) is 1.79. The molecule has 5 heteroatoms. The molecule has 0 bridgehead atoms. The normalized spacial score (nSPS) is 19.9. The van der Waals surface area contributed by atoms with Crippen LogP contribution >= 0.6 is 11.6 Å². The van der Waals surface area contributed by atoms with Gasteiger partial charge in [-0.2, -0.15) is 0 Å². The predicted molar refractivity (Wildman–Crippen MR) is 141 cm³/mol. The van der Waals surface area contributed by atoms with Crippen LogP contribution < -0.4 is 5.32 Å². The first-order valence-corrected chi connectivity index (χ1v) is 13.0. The minimum absolute atomic E-state index is 0.0138. The molecule has 0 spiro atoms. The summed E-state index contributed by atoms with van der Waals surface area (Å²) in [6, 6.07) is 16.5. The smallest absolute Gasteiger partial charge is 0.223 e. The molecule has 2 aromatic carbocycles. The molecule has 0 radical (unpaired) electrons. The van der Waals surface area contributed by atoms with Gasteiger partial charge in [-0.1, -0.05) is 60.1 Å². The summed E-state index contributed by atoms with van der Waals surface area (Å²) < 4.78 is 0. The van der Waals surface area contributed by atoms with Gasteiger partial charge in [0.1, 0.15) is 0 Å². The molecule has 1 amide bonds. The van der Waals surface area contributed by atoms with Gasteiger partial charge in [-0.25, -0.2) is 0 Å². The van der Waals surface area contributed by atoms with E-state index in [1.807, 2.05) is 18.3 Å².